The van der Waals surface area contributed by atoms with Crippen molar-refractivity contribution in [3.05, 3.63) is 44.8 Å². The molecule has 1 aromatic rings. The summed E-state index contributed by atoms with van der Waals surface area (Å²) >= 11 is 6.23. The van der Waals surface area contributed by atoms with Crippen LogP contribution < -0.4 is 0 Å². The molecular formula is C11H8N2O3S2. The van der Waals surface area contributed by atoms with Gasteiger partial charge in [-0.15, -0.1) is 0 Å². The molecule has 2 rings (SSSR count). The molecule has 0 saturated carbocycles. The van der Waals surface area contributed by atoms with E-state index in [1.807, 2.05) is 0 Å². The van der Waals surface area contributed by atoms with Gasteiger partial charge < -0.3 is 0 Å². The fraction of sp³-hybridized carbons (Fsp3) is 0.0909. The van der Waals surface area contributed by atoms with Crippen LogP contribution in [0.15, 0.2) is 29.2 Å². The van der Waals surface area contributed by atoms with E-state index in [4.69, 9.17) is 12.2 Å². The molecule has 0 N–H and O–H groups in total. The van der Waals surface area contributed by atoms with E-state index < -0.39 is 4.92 Å². The zero-order valence-electron chi connectivity index (χ0n) is 9.32. The summed E-state index contributed by atoms with van der Waals surface area (Å²) in [5.41, 5.74) is 0.754. The van der Waals surface area contributed by atoms with Crippen LogP contribution in [0.5, 0.6) is 0 Å². The summed E-state index contributed by atoms with van der Waals surface area (Å²) in [4.78, 5) is 23.7. The SMILES string of the molecule is CN1C(=O)/C(=C\c2ccc([N+](=O)[O-])cc2)SC1=S. The van der Waals surface area contributed by atoms with Crippen molar-refractivity contribution < 1.29 is 9.72 Å². The number of nitro groups is 1. The van der Waals surface area contributed by atoms with E-state index in [0.717, 1.165) is 5.56 Å². The number of non-ortho nitro benzene ring substituents is 1. The lowest BCUT2D eigenvalue weighted by Crippen LogP contribution is -2.22. The van der Waals surface area contributed by atoms with Crippen LogP contribution in [0, 0.1) is 10.1 Å². The summed E-state index contributed by atoms with van der Waals surface area (Å²) in [6.07, 6.45) is 1.67. The Morgan fingerprint density at radius 1 is 1.39 bits per heavy atom. The molecule has 0 bridgehead atoms. The van der Waals surface area contributed by atoms with Crippen molar-refractivity contribution in [2.45, 2.75) is 0 Å². The molecule has 0 aliphatic carbocycles. The van der Waals surface area contributed by atoms with Gasteiger partial charge in [0.1, 0.15) is 4.32 Å². The van der Waals surface area contributed by atoms with Gasteiger partial charge in [0, 0.05) is 19.2 Å². The molecule has 5 nitrogen and oxygen atoms in total. The molecule has 1 amide bonds. The van der Waals surface area contributed by atoms with Gasteiger partial charge in [0.25, 0.3) is 11.6 Å². The highest BCUT2D eigenvalue weighted by atomic mass is 32.2. The topological polar surface area (TPSA) is 63.5 Å². The Morgan fingerprint density at radius 2 is 2.00 bits per heavy atom. The van der Waals surface area contributed by atoms with Gasteiger partial charge in [0.15, 0.2) is 0 Å². The minimum absolute atomic E-state index is 0.0233. The Balaban J connectivity index is 2.26. The molecule has 0 unspecified atom stereocenters. The lowest BCUT2D eigenvalue weighted by Gasteiger charge is -2.03. The number of amides is 1. The molecule has 1 saturated heterocycles. The molecule has 0 spiro atoms. The maximum absolute atomic E-state index is 11.7. The second kappa shape index (κ2) is 4.87. The van der Waals surface area contributed by atoms with Crippen molar-refractivity contribution in [1.29, 1.82) is 0 Å². The maximum atomic E-state index is 11.7. The number of nitrogens with zero attached hydrogens (tertiary/aromatic N) is 2. The number of carbonyl (C=O) groups excluding carboxylic acids is 1. The molecule has 1 aliphatic rings. The number of carbonyl (C=O) groups is 1. The zero-order chi connectivity index (χ0) is 13.3. The number of thiocarbonyl (C=S) groups is 1. The highest BCUT2D eigenvalue weighted by Gasteiger charge is 2.28. The lowest BCUT2D eigenvalue weighted by atomic mass is 10.2. The quantitative estimate of drug-likeness (QED) is 0.360. The van der Waals surface area contributed by atoms with Gasteiger partial charge in [-0.05, 0) is 23.8 Å². The predicted molar refractivity (Wildman–Crippen MR) is 74.0 cm³/mol. The molecule has 1 heterocycles. The average Bonchev–Trinajstić information content (AvgIpc) is 2.58. The molecule has 18 heavy (non-hydrogen) atoms. The molecule has 0 aromatic heterocycles. The smallest absolute Gasteiger partial charge is 0.269 e. The highest BCUT2D eigenvalue weighted by Crippen LogP contribution is 2.31. The van der Waals surface area contributed by atoms with Crippen molar-refractivity contribution in [2.24, 2.45) is 0 Å². The molecule has 1 aromatic carbocycles. The Hall–Kier alpha value is -1.73. The van der Waals surface area contributed by atoms with E-state index in [1.165, 1.54) is 28.8 Å². The van der Waals surface area contributed by atoms with E-state index in [1.54, 1.807) is 25.3 Å². The maximum Gasteiger partial charge on any atom is 0.269 e. The first-order valence-electron chi connectivity index (χ1n) is 4.95. The summed E-state index contributed by atoms with van der Waals surface area (Å²) in [6, 6.07) is 6.00. The van der Waals surface area contributed by atoms with E-state index in [9.17, 15) is 14.9 Å². The van der Waals surface area contributed by atoms with Crippen molar-refractivity contribution >= 4 is 46.0 Å². The van der Waals surface area contributed by atoms with E-state index in [-0.39, 0.29) is 11.6 Å². The van der Waals surface area contributed by atoms with Crippen molar-refractivity contribution in [2.75, 3.05) is 7.05 Å². The molecule has 0 radical (unpaired) electrons. The summed E-state index contributed by atoms with van der Waals surface area (Å²) in [5, 5.41) is 10.5. The molecule has 7 heteroatoms. The highest BCUT2D eigenvalue weighted by molar-refractivity contribution is 8.26. The summed E-state index contributed by atoms with van der Waals surface area (Å²) in [6.45, 7) is 0. The van der Waals surface area contributed by atoms with E-state index in [0.29, 0.717) is 9.23 Å². The second-order valence-electron chi connectivity index (χ2n) is 3.59. The van der Waals surface area contributed by atoms with Crippen LogP contribution in [0.4, 0.5) is 5.69 Å². The third kappa shape index (κ3) is 2.41. The standard InChI is InChI=1S/C11H8N2O3S2/c1-12-10(14)9(18-11(12)17)6-7-2-4-8(5-3-7)13(15)16/h2-6H,1H3/b9-6+. The van der Waals surface area contributed by atoms with E-state index in [2.05, 4.69) is 0 Å². The van der Waals surface area contributed by atoms with Gasteiger partial charge in [0.2, 0.25) is 0 Å². The van der Waals surface area contributed by atoms with Gasteiger partial charge in [-0.2, -0.15) is 0 Å². The number of likely N-dealkylation sites (N-methyl/N-ethyl adjacent to an activating group) is 1. The second-order valence-corrected chi connectivity index (χ2v) is 5.27. The number of benzene rings is 1. The number of rotatable bonds is 2. The van der Waals surface area contributed by atoms with E-state index >= 15 is 0 Å². The van der Waals surface area contributed by atoms with Crippen molar-refractivity contribution in [3.63, 3.8) is 0 Å². The van der Waals surface area contributed by atoms with Crippen LogP contribution >= 0.6 is 24.0 Å². The van der Waals surface area contributed by atoms with Crippen LogP contribution in [0.3, 0.4) is 0 Å². The van der Waals surface area contributed by atoms with Gasteiger partial charge in [-0.3, -0.25) is 19.8 Å². The summed E-state index contributed by atoms with van der Waals surface area (Å²) < 4.78 is 0.508. The Bertz CT molecular complexity index is 566. The first kappa shape index (κ1) is 12.7. The fourth-order valence-electron chi connectivity index (χ4n) is 1.39. The predicted octanol–water partition coefficient (Wildman–Crippen LogP) is 2.43. The Morgan fingerprint density at radius 3 is 2.44 bits per heavy atom. The first-order valence-corrected chi connectivity index (χ1v) is 6.17. The molecular weight excluding hydrogens is 272 g/mol. The van der Waals surface area contributed by atoms with Crippen LogP contribution in [0.2, 0.25) is 0 Å². The summed E-state index contributed by atoms with van der Waals surface area (Å²) in [5.74, 6) is -0.150. The first-order chi connectivity index (χ1) is 8.49. The molecule has 1 aliphatic heterocycles. The normalized spacial score (nSPS) is 17.6. The van der Waals surface area contributed by atoms with Crippen LogP contribution in [-0.2, 0) is 4.79 Å². The van der Waals surface area contributed by atoms with Crippen molar-refractivity contribution in [3.8, 4) is 0 Å². The Kier molecular flexibility index (Phi) is 3.44. The monoisotopic (exact) mass is 280 g/mol. The number of hydrogen-bond donors (Lipinski definition) is 0. The number of thioether (sulfide) groups is 1. The Labute approximate surface area is 113 Å². The molecule has 92 valence electrons. The third-order valence-corrected chi connectivity index (χ3v) is 3.87. The van der Waals surface area contributed by atoms with Crippen LogP contribution in [0.1, 0.15) is 5.56 Å². The van der Waals surface area contributed by atoms with Gasteiger partial charge >= 0.3 is 0 Å². The molecule has 1 fully saturated rings. The minimum atomic E-state index is -0.463. The van der Waals surface area contributed by atoms with Gasteiger partial charge in [-0.25, -0.2) is 0 Å². The average molecular weight is 280 g/mol. The number of nitro benzene ring substituents is 1. The summed E-state index contributed by atoms with van der Waals surface area (Å²) in [7, 11) is 1.62. The van der Waals surface area contributed by atoms with Gasteiger partial charge in [-0.1, -0.05) is 24.0 Å². The zero-order valence-corrected chi connectivity index (χ0v) is 11.0. The lowest BCUT2D eigenvalue weighted by molar-refractivity contribution is -0.384. The fourth-order valence-corrected chi connectivity index (χ4v) is 2.57. The molecule has 0 atom stereocenters. The van der Waals surface area contributed by atoms with Gasteiger partial charge in [0.05, 0.1) is 9.83 Å². The van der Waals surface area contributed by atoms with Crippen molar-refractivity contribution in [1.82, 2.24) is 4.90 Å². The third-order valence-electron chi connectivity index (χ3n) is 2.39. The van der Waals surface area contributed by atoms with Crippen LogP contribution in [-0.4, -0.2) is 27.1 Å². The number of hydrogen-bond acceptors (Lipinski definition) is 5. The minimum Gasteiger partial charge on any atom is -0.296 e. The van der Waals surface area contributed by atoms with Crippen LogP contribution in [0.25, 0.3) is 6.08 Å². The largest absolute Gasteiger partial charge is 0.296 e.